The van der Waals surface area contributed by atoms with E-state index in [0.29, 0.717) is 17.0 Å². The van der Waals surface area contributed by atoms with Gasteiger partial charge in [0.1, 0.15) is 11.6 Å². The first-order chi connectivity index (χ1) is 8.61. The van der Waals surface area contributed by atoms with E-state index in [2.05, 4.69) is 5.32 Å². The molecule has 0 aliphatic carbocycles. The summed E-state index contributed by atoms with van der Waals surface area (Å²) in [5.74, 6) is -1.11. The summed E-state index contributed by atoms with van der Waals surface area (Å²) in [6, 6.07) is 9.03. The van der Waals surface area contributed by atoms with Gasteiger partial charge in [0.2, 0.25) is 0 Å². The highest BCUT2D eigenvalue weighted by molar-refractivity contribution is 6.30. The highest BCUT2D eigenvalue weighted by atomic mass is 35.5. The molecule has 3 rings (SSSR count). The van der Waals surface area contributed by atoms with Crippen molar-refractivity contribution in [1.29, 1.82) is 0 Å². The zero-order valence-electron chi connectivity index (χ0n) is 9.38. The monoisotopic (exact) mass is 265 g/mol. The normalized spacial score (nSPS) is 17.4. The van der Waals surface area contributed by atoms with Crippen LogP contribution in [-0.2, 0) is 6.42 Å². The Labute approximate surface area is 108 Å². The molecule has 0 spiro atoms. The van der Waals surface area contributed by atoms with Gasteiger partial charge in [0, 0.05) is 16.8 Å². The lowest BCUT2D eigenvalue weighted by molar-refractivity contribution is 0.576. The molecular formula is C14H10ClF2N. The van der Waals surface area contributed by atoms with Crippen molar-refractivity contribution in [2.24, 2.45) is 0 Å². The summed E-state index contributed by atoms with van der Waals surface area (Å²) in [5, 5.41) is 3.91. The predicted molar refractivity (Wildman–Crippen MR) is 67.9 cm³/mol. The van der Waals surface area contributed by atoms with Gasteiger partial charge >= 0.3 is 0 Å². The summed E-state index contributed by atoms with van der Waals surface area (Å²) < 4.78 is 26.4. The molecule has 0 amide bonds. The molecule has 4 heteroatoms. The molecule has 0 bridgehead atoms. The number of nitrogens with one attached hydrogen (secondary N) is 1. The fraction of sp³-hybridized carbons (Fsp3) is 0.143. The Hall–Kier alpha value is -1.61. The van der Waals surface area contributed by atoms with Crippen molar-refractivity contribution in [3.05, 3.63) is 64.2 Å². The van der Waals surface area contributed by atoms with E-state index in [4.69, 9.17) is 11.6 Å². The van der Waals surface area contributed by atoms with Crippen LogP contribution in [0.15, 0.2) is 36.4 Å². The van der Waals surface area contributed by atoms with Gasteiger partial charge in [-0.1, -0.05) is 11.6 Å². The molecule has 0 aromatic heterocycles. The Bertz CT molecular complexity index is 592. The highest BCUT2D eigenvalue weighted by Crippen LogP contribution is 2.35. The van der Waals surface area contributed by atoms with Gasteiger partial charge in [-0.2, -0.15) is 0 Å². The van der Waals surface area contributed by atoms with Crippen molar-refractivity contribution in [2.45, 2.75) is 12.5 Å². The van der Waals surface area contributed by atoms with Crippen LogP contribution in [0, 0.1) is 11.6 Å². The fourth-order valence-electron chi connectivity index (χ4n) is 2.31. The maximum atomic E-state index is 13.2. The maximum Gasteiger partial charge on any atom is 0.126 e. The number of hydrogen-bond donors (Lipinski definition) is 1. The second-order valence-corrected chi connectivity index (χ2v) is 4.84. The minimum atomic E-state index is -0.555. The standard InChI is InChI=1S/C14H10ClF2N/c15-10-1-2-13-8(3-10)6-14(18-13)9-4-11(16)7-12(17)5-9/h1-5,7,14,18H,6H2. The first-order valence-electron chi connectivity index (χ1n) is 5.63. The highest BCUT2D eigenvalue weighted by Gasteiger charge is 2.22. The number of fused-ring (bicyclic) bond motifs is 1. The molecule has 0 radical (unpaired) electrons. The van der Waals surface area contributed by atoms with E-state index >= 15 is 0 Å². The molecular weight excluding hydrogens is 256 g/mol. The summed E-state index contributed by atoms with van der Waals surface area (Å²) >= 11 is 5.92. The van der Waals surface area contributed by atoms with E-state index in [1.165, 1.54) is 12.1 Å². The van der Waals surface area contributed by atoms with Crippen LogP contribution in [-0.4, -0.2) is 0 Å². The zero-order valence-corrected chi connectivity index (χ0v) is 10.1. The van der Waals surface area contributed by atoms with E-state index in [1.807, 2.05) is 12.1 Å². The van der Waals surface area contributed by atoms with Crippen LogP contribution in [0.4, 0.5) is 14.5 Å². The Morgan fingerprint density at radius 1 is 1.06 bits per heavy atom. The van der Waals surface area contributed by atoms with Gasteiger partial charge in [0.25, 0.3) is 0 Å². The zero-order chi connectivity index (χ0) is 12.7. The largest absolute Gasteiger partial charge is 0.378 e. The first kappa shape index (κ1) is 11.5. The molecule has 1 unspecified atom stereocenters. The van der Waals surface area contributed by atoms with E-state index < -0.39 is 11.6 Å². The Kier molecular flexibility index (Phi) is 2.71. The molecule has 18 heavy (non-hydrogen) atoms. The first-order valence-corrected chi connectivity index (χ1v) is 6.00. The molecule has 0 saturated heterocycles. The van der Waals surface area contributed by atoms with Crippen molar-refractivity contribution in [3.8, 4) is 0 Å². The Balaban J connectivity index is 1.93. The van der Waals surface area contributed by atoms with Crippen LogP contribution in [0.1, 0.15) is 17.2 Å². The number of halogens is 3. The molecule has 2 aromatic carbocycles. The molecule has 1 aliphatic rings. The van der Waals surface area contributed by atoms with Crippen molar-refractivity contribution in [1.82, 2.24) is 0 Å². The van der Waals surface area contributed by atoms with Crippen LogP contribution in [0.25, 0.3) is 0 Å². The number of rotatable bonds is 1. The average molecular weight is 266 g/mol. The summed E-state index contributed by atoms with van der Waals surface area (Å²) in [6.07, 6.45) is 0.679. The van der Waals surface area contributed by atoms with E-state index in [1.54, 1.807) is 6.07 Å². The molecule has 0 fully saturated rings. The molecule has 1 N–H and O–H groups in total. The van der Waals surface area contributed by atoms with Gasteiger partial charge in [-0.05, 0) is 47.9 Å². The van der Waals surface area contributed by atoms with Crippen molar-refractivity contribution in [2.75, 3.05) is 5.32 Å². The van der Waals surface area contributed by atoms with Gasteiger partial charge in [-0.15, -0.1) is 0 Å². The third-order valence-corrected chi connectivity index (χ3v) is 3.34. The van der Waals surface area contributed by atoms with Gasteiger partial charge in [0.05, 0.1) is 6.04 Å². The minimum Gasteiger partial charge on any atom is -0.378 e. The summed E-state index contributed by atoms with van der Waals surface area (Å²) in [6.45, 7) is 0. The number of anilines is 1. The summed E-state index contributed by atoms with van der Waals surface area (Å²) in [5.41, 5.74) is 2.64. The summed E-state index contributed by atoms with van der Waals surface area (Å²) in [4.78, 5) is 0. The van der Waals surface area contributed by atoms with E-state index in [-0.39, 0.29) is 6.04 Å². The predicted octanol–water partition coefficient (Wildman–Crippen LogP) is 4.33. The van der Waals surface area contributed by atoms with E-state index in [0.717, 1.165) is 17.3 Å². The van der Waals surface area contributed by atoms with E-state index in [9.17, 15) is 8.78 Å². The van der Waals surface area contributed by atoms with Gasteiger partial charge in [-0.25, -0.2) is 8.78 Å². The van der Waals surface area contributed by atoms with Crippen molar-refractivity contribution < 1.29 is 8.78 Å². The van der Waals surface area contributed by atoms with Crippen LogP contribution < -0.4 is 5.32 Å². The lowest BCUT2D eigenvalue weighted by atomic mass is 10.0. The van der Waals surface area contributed by atoms with Crippen molar-refractivity contribution in [3.63, 3.8) is 0 Å². The quantitative estimate of drug-likeness (QED) is 0.809. The Morgan fingerprint density at radius 2 is 1.78 bits per heavy atom. The second-order valence-electron chi connectivity index (χ2n) is 4.41. The molecule has 1 aliphatic heterocycles. The van der Waals surface area contributed by atoms with Gasteiger partial charge in [0.15, 0.2) is 0 Å². The molecule has 1 heterocycles. The number of hydrogen-bond acceptors (Lipinski definition) is 1. The average Bonchev–Trinajstić information content (AvgIpc) is 2.70. The molecule has 2 aromatic rings. The van der Waals surface area contributed by atoms with Crippen LogP contribution >= 0.6 is 11.6 Å². The molecule has 1 atom stereocenters. The van der Waals surface area contributed by atoms with Crippen molar-refractivity contribution >= 4 is 17.3 Å². The number of benzene rings is 2. The lowest BCUT2D eigenvalue weighted by Gasteiger charge is -2.11. The minimum absolute atomic E-state index is 0.108. The molecule has 0 saturated carbocycles. The van der Waals surface area contributed by atoms with Gasteiger partial charge < -0.3 is 5.32 Å². The lowest BCUT2D eigenvalue weighted by Crippen LogP contribution is -2.06. The van der Waals surface area contributed by atoms with Crippen LogP contribution in [0.5, 0.6) is 0 Å². The summed E-state index contributed by atoms with van der Waals surface area (Å²) in [7, 11) is 0. The van der Waals surface area contributed by atoms with Crippen LogP contribution in [0.3, 0.4) is 0 Å². The van der Waals surface area contributed by atoms with Crippen LogP contribution in [0.2, 0.25) is 5.02 Å². The van der Waals surface area contributed by atoms with Gasteiger partial charge in [-0.3, -0.25) is 0 Å². The molecule has 92 valence electrons. The topological polar surface area (TPSA) is 12.0 Å². The molecule has 1 nitrogen and oxygen atoms in total. The smallest absolute Gasteiger partial charge is 0.126 e. The third kappa shape index (κ3) is 2.06. The second kappa shape index (κ2) is 4.25. The Morgan fingerprint density at radius 3 is 2.50 bits per heavy atom. The third-order valence-electron chi connectivity index (χ3n) is 3.11. The SMILES string of the molecule is Fc1cc(F)cc(C2Cc3cc(Cl)ccc3N2)c1. The maximum absolute atomic E-state index is 13.2. The fourth-order valence-corrected chi connectivity index (χ4v) is 2.50.